The first kappa shape index (κ1) is 48.6. The minimum atomic E-state index is -5.50. The molecule has 12 N–H and O–H groups in total. The van der Waals surface area contributed by atoms with Gasteiger partial charge in [0.15, 0.2) is 9.04 Å². The smallest absolute Gasteiger partial charge is 0.420 e. The molecule has 0 aromatic carbocycles. The van der Waals surface area contributed by atoms with Gasteiger partial charge in [0.2, 0.25) is 60.1 Å². The van der Waals surface area contributed by atoms with Crippen LogP contribution in [0.1, 0.15) is 0 Å². The molecule has 250 valence electrons. The fourth-order valence-electron chi connectivity index (χ4n) is 4.27. The average molecular weight is 970 g/mol. The van der Waals surface area contributed by atoms with Crippen LogP contribution in [0.25, 0.3) is 0 Å². The SMILES string of the molecule is C[SiH](C)O[Si](C)(C)O[Si](O[Si](O[Si]O)([Si]O)[Si]O)([Si](O[Si]O)([Si]O)[Si]O)[Si](O[Si]O)([Si](O[Si]O)([Si]O)[Si]O)[Si](O)([Si]O)[SiH](C)C. The van der Waals surface area contributed by atoms with E-state index in [1.807, 2.05) is 0 Å². The Morgan fingerprint density at radius 1 is 0.511 bits per heavy atom. The van der Waals surface area contributed by atoms with E-state index in [4.69, 9.17) is 28.8 Å². The normalized spacial score (nSPS) is 17.9. The molecule has 45 heavy (non-hydrogen) atoms. The molecule has 0 saturated heterocycles. The molecule has 22 radical (unpaired) electrons. The van der Waals surface area contributed by atoms with Crippen LogP contribution in [0.5, 0.6) is 0 Å². The van der Waals surface area contributed by atoms with Crippen molar-refractivity contribution in [1.82, 2.24) is 0 Å². The molecule has 0 aliphatic carbocycles. The largest absolute Gasteiger partial charge is 0.440 e. The first-order valence-electron chi connectivity index (χ1n) is 11.9. The minimum absolute atomic E-state index is 1.38. The summed E-state index contributed by atoms with van der Waals surface area (Å²) in [5.41, 5.74) is 0. The Morgan fingerprint density at radius 3 is 1.24 bits per heavy atom. The van der Waals surface area contributed by atoms with Crippen LogP contribution in [0.15, 0.2) is 0 Å². The molecule has 0 fully saturated rings. The lowest BCUT2D eigenvalue weighted by Crippen LogP contribution is -3.06. The van der Waals surface area contributed by atoms with Crippen molar-refractivity contribution in [2.45, 2.75) is 39.3 Å². The second-order valence-electron chi connectivity index (χ2n) is 9.52. The highest BCUT2D eigenvalue weighted by atomic mass is 30.4. The molecule has 0 amide bonds. The molecule has 0 aromatic rings. The van der Waals surface area contributed by atoms with E-state index in [0.29, 0.717) is 0 Å². The summed E-state index contributed by atoms with van der Waals surface area (Å²) >= 11 is 0. The van der Waals surface area contributed by atoms with E-state index in [1.54, 1.807) is 39.3 Å². The monoisotopic (exact) mass is 968 g/mol. The summed E-state index contributed by atoms with van der Waals surface area (Å²) in [5, 5.41) is 0. The highest BCUT2D eigenvalue weighted by Gasteiger charge is 2.91. The third-order valence-corrected chi connectivity index (χ3v) is 163. The van der Waals surface area contributed by atoms with E-state index in [2.05, 4.69) is 0 Å². The molecular weight excluding hydrogens is 938 g/mol. The summed E-state index contributed by atoms with van der Waals surface area (Å²) in [6, 6.07) is 0. The van der Waals surface area contributed by atoms with E-state index < -0.39 is 174 Å². The standard InChI is InChI=1S/C6H32O19Si20/c1-37(2)23-39(5,6)24-42(43(33-14,34-15)20-27-8,25-41(31-12,32-13)19-26-7)45(22-29-10,40(18,30-11)38(3)4)44(35-16,36-17)21-28-9/h7-18,37-38H,1-6H3. The fourth-order valence-corrected chi connectivity index (χ4v) is 268. The number of hydrogen-bond donors (Lipinski definition) is 12. The average Bonchev–Trinajstić information content (AvgIpc) is 2.99. The predicted molar refractivity (Wildman–Crippen MR) is 187 cm³/mol. The lowest BCUT2D eigenvalue weighted by atomic mass is 11.9. The molecule has 3 atom stereocenters. The summed E-state index contributed by atoms with van der Waals surface area (Å²) < 4.78 is 43.4. The van der Waals surface area contributed by atoms with Crippen molar-refractivity contribution >= 4 is 174 Å². The zero-order chi connectivity index (χ0) is 35.4. The van der Waals surface area contributed by atoms with Crippen LogP contribution >= 0.6 is 0 Å². The Hall–Kier alpha value is 3.58. The molecule has 0 saturated carbocycles. The summed E-state index contributed by atoms with van der Waals surface area (Å²) in [6.07, 6.45) is 0. The van der Waals surface area contributed by atoms with Gasteiger partial charge < -0.3 is 86.4 Å². The Morgan fingerprint density at radius 2 is 0.933 bits per heavy atom. The minimum Gasteiger partial charge on any atom is -0.440 e. The summed E-state index contributed by atoms with van der Waals surface area (Å²) in [7, 11) is -34.5. The first-order chi connectivity index (χ1) is 20.9. The Balaban J connectivity index is 9.44. The van der Waals surface area contributed by atoms with Gasteiger partial charge in [0.1, 0.15) is 0 Å². The summed E-state index contributed by atoms with van der Waals surface area (Å²) in [5.74, 6) is 0. The van der Waals surface area contributed by atoms with Crippen LogP contribution in [0.3, 0.4) is 0 Å². The van der Waals surface area contributed by atoms with Gasteiger partial charge in [0.25, 0.3) is 32.3 Å². The zero-order valence-electron chi connectivity index (χ0n) is 24.4. The molecule has 0 rings (SSSR count). The lowest BCUT2D eigenvalue weighted by molar-refractivity contribution is 0.310. The zero-order valence-corrected chi connectivity index (χ0v) is 44.7. The van der Waals surface area contributed by atoms with Crippen molar-refractivity contribution < 1.29 is 86.4 Å². The van der Waals surface area contributed by atoms with E-state index in [9.17, 15) is 57.5 Å². The number of hydrogen-bond acceptors (Lipinski definition) is 19. The molecule has 0 bridgehead atoms. The first-order valence-corrected chi connectivity index (χ1v) is 54.0. The van der Waals surface area contributed by atoms with Gasteiger partial charge in [-0.15, -0.1) is 0 Å². The van der Waals surface area contributed by atoms with Gasteiger partial charge in [-0.05, 0) is 26.2 Å². The Bertz CT molecular complexity index is 836. The van der Waals surface area contributed by atoms with Crippen molar-refractivity contribution in [1.29, 1.82) is 0 Å². The van der Waals surface area contributed by atoms with Crippen LogP contribution in [0.4, 0.5) is 0 Å². The van der Waals surface area contributed by atoms with Crippen molar-refractivity contribution in [3.63, 3.8) is 0 Å². The van der Waals surface area contributed by atoms with E-state index in [-0.39, 0.29) is 0 Å². The maximum atomic E-state index is 12.9. The van der Waals surface area contributed by atoms with Crippen LogP contribution in [-0.2, 0) is 28.8 Å². The number of rotatable bonds is 26. The molecule has 19 nitrogen and oxygen atoms in total. The van der Waals surface area contributed by atoms with Gasteiger partial charge in [0, 0.05) is 0 Å². The van der Waals surface area contributed by atoms with Crippen LogP contribution in [-0.4, -0.2) is 231 Å². The van der Waals surface area contributed by atoms with Gasteiger partial charge in [-0.2, -0.15) is 0 Å². The van der Waals surface area contributed by atoms with Gasteiger partial charge in [0.05, 0.1) is 8.31 Å². The second-order valence-corrected chi connectivity index (χ2v) is 96.6. The van der Waals surface area contributed by atoms with Crippen molar-refractivity contribution in [3.8, 4) is 0 Å². The maximum Gasteiger partial charge on any atom is 0.420 e. The molecule has 0 aromatic heterocycles. The van der Waals surface area contributed by atoms with Crippen molar-refractivity contribution in [2.24, 2.45) is 0 Å². The fraction of sp³-hybridized carbons (Fsp3) is 1.00. The Labute approximate surface area is 296 Å². The lowest BCUT2D eigenvalue weighted by Gasteiger charge is -2.63. The molecule has 0 heterocycles. The summed E-state index contributed by atoms with van der Waals surface area (Å²) in [6.45, 7) is -9.71. The van der Waals surface area contributed by atoms with Gasteiger partial charge >= 0.3 is 63.8 Å². The molecule has 0 spiro atoms. The highest BCUT2D eigenvalue weighted by Crippen LogP contribution is 2.44. The third kappa shape index (κ3) is 9.97. The van der Waals surface area contributed by atoms with E-state index in [1.165, 1.54) is 0 Å². The van der Waals surface area contributed by atoms with Crippen molar-refractivity contribution in [2.75, 3.05) is 0 Å². The van der Waals surface area contributed by atoms with Gasteiger partial charge in [-0.3, -0.25) is 0 Å². The predicted octanol–water partition coefficient (Wildman–Crippen LogP) is -11.8. The van der Waals surface area contributed by atoms with Crippen molar-refractivity contribution in [3.05, 3.63) is 0 Å². The highest BCUT2D eigenvalue weighted by molar-refractivity contribution is 8.16. The molecule has 39 heteroatoms. The molecule has 0 aliphatic heterocycles. The topological polar surface area (TPSA) is 307 Å². The Kier molecular flexibility index (Phi) is 23.0. The quantitative estimate of drug-likeness (QED) is 0.0358. The molecular formula is C6H32O19Si20. The molecule has 0 aliphatic rings. The van der Waals surface area contributed by atoms with E-state index in [0.717, 1.165) is 0 Å². The van der Waals surface area contributed by atoms with E-state index >= 15 is 0 Å². The van der Waals surface area contributed by atoms with Crippen LogP contribution < -0.4 is 0 Å². The maximum absolute atomic E-state index is 12.9. The third-order valence-electron chi connectivity index (χ3n) is 5.87. The van der Waals surface area contributed by atoms with Gasteiger partial charge in [-0.25, -0.2) is 0 Å². The van der Waals surface area contributed by atoms with Crippen LogP contribution in [0, 0.1) is 0 Å². The second kappa shape index (κ2) is 21.3. The van der Waals surface area contributed by atoms with Crippen LogP contribution in [0.2, 0.25) is 39.3 Å². The molecule has 3 unspecified atom stereocenters. The summed E-state index contributed by atoms with van der Waals surface area (Å²) in [4.78, 5) is 131. The van der Waals surface area contributed by atoms with Gasteiger partial charge in [-0.1, -0.05) is 13.1 Å².